The molecule has 8 nitrogen and oxygen atoms in total. The van der Waals surface area contributed by atoms with Crippen molar-refractivity contribution in [2.45, 2.75) is 25.9 Å². The van der Waals surface area contributed by atoms with Gasteiger partial charge in [-0.3, -0.25) is 14.8 Å². The van der Waals surface area contributed by atoms with Gasteiger partial charge in [-0.1, -0.05) is 24.3 Å². The smallest absolute Gasteiger partial charge is 0.262 e. The highest BCUT2D eigenvalue weighted by Gasteiger charge is 2.42. The number of benzene rings is 2. The zero-order valence-corrected chi connectivity index (χ0v) is 24.1. The van der Waals surface area contributed by atoms with Gasteiger partial charge in [-0.25, -0.2) is 0 Å². The Bertz CT molecular complexity index is 1690. The Kier molecular flexibility index (Phi) is 7.66. The summed E-state index contributed by atoms with van der Waals surface area (Å²) in [4.78, 5) is 23.7. The fraction of sp³-hybridized carbons (Fsp3) is 0.152. The molecular formula is C33H30N6O2S. The van der Waals surface area contributed by atoms with Crippen LogP contribution < -0.4 is 20.3 Å². The lowest BCUT2D eigenvalue weighted by Gasteiger charge is -2.28. The average Bonchev–Trinajstić information content (AvgIpc) is 3.52. The third-order valence-corrected chi connectivity index (χ3v) is 7.65. The van der Waals surface area contributed by atoms with Gasteiger partial charge >= 0.3 is 0 Å². The summed E-state index contributed by atoms with van der Waals surface area (Å²) in [5.41, 5.74) is 6.82. The molecule has 0 unspecified atom stereocenters. The molecule has 210 valence electrons. The van der Waals surface area contributed by atoms with Crippen LogP contribution in [-0.4, -0.2) is 32.2 Å². The third kappa shape index (κ3) is 5.46. The molecule has 1 aliphatic rings. The van der Waals surface area contributed by atoms with Gasteiger partial charge in [0.15, 0.2) is 11.7 Å². The van der Waals surface area contributed by atoms with E-state index in [0.29, 0.717) is 16.5 Å². The lowest BCUT2D eigenvalue weighted by Crippen LogP contribution is -2.29. The van der Waals surface area contributed by atoms with Crippen LogP contribution in [0.15, 0.2) is 110 Å². The number of nitrogens with zero attached hydrogens (tertiary/aromatic N) is 4. The molecule has 2 N–H and O–H groups in total. The summed E-state index contributed by atoms with van der Waals surface area (Å²) < 4.78 is 7.79. The minimum absolute atomic E-state index is 0.0771. The number of pyridine rings is 2. The number of aromatic nitrogens is 3. The minimum atomic E-state index is -0.235. The van der Waals surface area contributed by atoms with Crippen LogP contribution in [0.2, 0.25) is 0 Å². The van der Waals surface area contributed by atoms with E-state index in [0.717, 1.165) is 34.0 Å². The van der Waals surface area contributed by atoms with E-state index in [1.54, 1.807) is 12.4 Å². The van der Waals surface area contributed by atoms with Crippen molar-refractivity contribution in [2.24, 2.45) is 0 Å². The van der Waals surface area contributed by atoms with Crippen molar-refractivity contribution < 1.29 is 9.53 Å². The van der Waals surface area contributed by atoms with Gasteiger partial charge in [0.1, 0.15) is 5.75 Å². The third-order valence-electron chi connectivity index (χ3n) is 7.33. The fourth-order valence-electron chi connectivity index (χ4n) is 5.49. The zero-order chi connectivity index (χ0) is 29.1. The predicted octanol–water partition coefficient (Wildman–Crippen LogP) is 6.08. The fourth-order valence-corrected chi connectivity index (χ4v) is 5.83. The van der Waals surface area contributed by atoms with Crippen LogP contribution in [0.5, 0.6) is 5.75 Å². The molecule has 1 fully saturated rings. The Morgan fingerprint density at radius 2 is 1.74 bits per heavy atom. The summed E-state index contributed by atoms with van der Waals surface area (Å²) in [7, 11) is 0. The molecule has 0 saturated carbocycles. The van der Waals surface area contributed by atoms with E-state index >= 15 is 0 Å². The van der Waals surface area contributed by atoms with Crippen LogP contribution in [0.1, 0.15) is 34.7 Å². The number of thiocarbonyl (C=S) groups is 1. The summed E-state index contributed by atoms with van der Waals surface area (Å²) >= 11 is 5.92. The molecule has 2 aromatic carbocycles. The number of hydrogen-bond acceptors (Lipinski definition) is 5. The van der Waals surface area contributed by atoms with Crippen molar-refractivity contribution in [1.82, 2.24) is 19.9 Å². The maximum Gasteiger partial charge on any atom is 0.262 e. The topological polar surface area (TPSA) is 84.3 Å². The second-order valence-corrected chi connectivity index (χ2v) is 10.5. The van der Waals surface area contributed by atoms with E-state index < -0.39 is 0 Å². The molecule has 0 radical (unpaired) electrons. The SMILES string of the molecule is Cc1cc([C@@H]2[C@H](c3ccccn3)NC(=S)N2c2ccc(NC(=O)COc3ccccc3)cc2)c(C)n1-c1cccnc1. The molecule has 3 aromatic heterocycles. The normalized spacial score (nSPS) is 16.2. The van der Waals surface area contributed by atoms with Crippen LogP contribution in [0.4, 0.5) is 11.4 Å². The molecule has 1 saturated heterocycles. The highest BCUT2D eigenvalue weighted by atomic mass is 32.1. The molecule has 9 heteroatoms. The number of carbonyl (C=O) groups is 1. The number of nitrogens with one attached hydrogen (secondary N) is 2. The first-order valence-electron chi connectivity index (χ1n) is 13.7. The Balaban J connectivity index is 1.30. The number of anilines is 2. The lowest BCUT2D eigenvalue weighted by atomic mass is 9.96. The zero-order valence-electron chi connectivity index (χ0n) is 23.3. The van der Waals surface area contributed by atoms with Crippen molar-refractivity contribution in [2.75, 3.05) is 16.8 Å². The first-order chi connectivity index (χ1) is 20.5. The predicted molar refractivity (Wildman–Crippen MR) is 168 cm³/mol. The number of carbonyl (C=O) groups excluding carboxylic acids is 1. The van der Waals surface area contributed by atoms with Gasteiger partial charge < -0.3 is 24.8 Å². The van der Waals surface area contributed by atoms with E-state index in [1.165, 1.54) is 0 Å². The van der Waals surface area contributed by atoms with E-state index in [2.05, 4.69) is 56.0 Å². The molecular weight excluding hydrogens is 544 g/mol. The minimum Gasteiger partial charge on any atom is -0.484 e. The summed E-state index contributed by atoms with van der Waals surface area (Å²) in [6.45, 7) is 4.15. The van der Waals surface area contributed by atoms with Crippen molar-refractivity contribution in [1.29, 1.82) is 0 Å². The highest BCUT2D eigenvalue weighted by molar-refractivity contribution is 7.80. The molecule has 6 rings (SSSR count). The number of rotatable bonds is 8. The van der Waals surface area contributed by atoms with E-state index in [-0.39, 0.29) is 24.6 Å². The number of ether oxygens (including phenoxy) is 1. The maximum atomic E-state index is 12.5. The van der Waals surface area contributed by atoms with Crippen LogP contribution >= 0.6 is 12.2 Å². The largest absolute Gasteiger partial charge is 0.484 e. The molecule has 1 aliphatic heterocycles. The molecule has 0 spiro atoms. The van der Waals surface area contributed by atoms with Crippen LogP contribution in [0.25, 0.3) is 5.69 Å². The van der Waals surface area contributed by atoms with Crippen LogP contribution in [0.3, 0.4) is 0 Å². The molecule has 5 aromatic rings. The van der Waals surface area contributed by atoms with Gasteiger partial charge in [0, 0.05) is 35.2 Å². The summed E-state index contributed by atoms with van der Waals surface area (Å²) in [6.07, 6.45) is 5.45. The number of aryl methyl sites for hydroxylation is 1. The Morgan fingerprint density at radius 3 is 2.45 bits per heavy atom. The van der Waals surface area contributed by atoms with Crippen molar-refractivity contribution in [3.63, 3.8) is 0 Å². The van der Waals surface area contributed by atoms with Crippen LogP contribution in [0, 0.1) is 13.8 Å². The van der Waals surface area contributed by atoms with Gasteiger partial charge in [-0.05, 0) is 98.4 Å². The first kappa shape index (κ1) is 27.2. The van der Waals surface area contributed by atoms with Gasteiger partial charge in [-0.15, -0.1) is 0 Å². The van der Waals surface area contributed by atoms with E-state index in [4.69, 9.17) is 17.0 Å². The van der Waals surface area contributed by atoms with Gasteiger partial charge in [0.2, 0.25) is 0 Å². The Hall–Kier alpha value is -5.02. The van der Waals surface area contributed by atoms with E-state index in [9.17, 15) is 4.79 Å². The van der Waals surface area contributed by atoms with Crippen molar-refractivity contribution in [3.05, 3.63) is 132 Å². The van der Waals surface area contributed by atoms with Gasteiger partial charge in [-0.2, -0.15) is 0 Å². The second kappa shape index (κ2) is 11.8. The summed E-state index contributed by atoms with van der Waals surface area (Å²) in [5, 5.41) is 7.04. The van der Waals surface area contributed by atoms with Gasteiger partial charge in [0.25, 0.3) is 5.91 Å². The number of hydrogen-bond donors (Lipinski definition) is 2. The monoisotopic (exact) mass is 574 g/mol. The second-order valence-electron chi connectivity index (χ2n) is 10.1. The lowest BCUT2D eigenvalue weighted by molar-refractivity contribution is -0.118. The van der Waals surface area contributed by atoms with Crippen LogP contribution in [-0.2, 0) is 4.79 Å². The highest BCUT2D eigenvalue weighted by Crippen LogP contribution is 2.43. The molecule has 1 amide bonds. The van der Waals surface area contributed by atoms with Crippen molar-refractivity contribution >= 4 is 34.6 Å². The molecule has 0 aliphatic carbocycles. The maximum absolute atomic E-state index is 12.5. The summed E-state index contributed by atoms with van der Waals surface area (Å²) in [5.74, 6) is 0.412. The molecule has 0 bridgehead atoms. The van der Waals surface area contributed by atoms with Gasteiger partial charge in [0.05, 0.1) is 29.7 Å². The number of amides is 1. The number of para-hydroxylation sites is 1. The van der Waals surface area contributed by atoms with Crippen molar-refractivity contribution in [3.8, 4) is 11.4 Å². The quantitative estimate of drug-likeness (QED) is 0.217. The first-order valence-corrected chi connectivity index (χ1v) is 14.1. The Labute approximate surface area is 250 Å². The molecule has 4 heterocycles. The Morgan fingerprint density at radius 1 is 0.952 bits per heavy atom. The summed E-state index contributed by atoms with van der Waals surface area (Å²) in [6, 6.07) is 28.8. The standard InChI is InChI=1S/C33H30N6O2S/c1-22-19-28(23(2)38(22)26-9-8-17-34-20-26)32-31(29-12-6-7-18-35-29)37-33(42)39(32)25-15-13-24(14-16-25)36-30(40)21-41-27-10-4-3-5-11-27/h3-20,31-32H,21H2,1-2H3,(H,36,40)(H,37,42)/t31-,32+/m0/s1. The van der Waals surface area contributed by atoms with E-state index in [1.807, 2.05) is 85.1 Å². The molecule has 42 heavy (non-hydrogen) atoms. The average molecular weight is 575 g/mol. The molecule has 2 atom stereocenters.